The lowest BCUT2D eigenvalue weighted by Crippen LogP contribution is -1.93. The Morgan fingerprint density at radius 3 is 2.06 bits per heavy atom. The molecule has 5 heteroatoms. The van der Waals surface area contributed by atoms with Crippen LogP contribution in [0.5, 0.6) is 0 Å². The minimum absolute atomic E-state index is 0.0663. The van der Waals surface area contributed by atoms with Crippen LogP contribution < -0.4 is 0 Å². The molecular weight excluding hydrogens is 246 g/mol. The van der Waals surface area contributed by atoms with Gasteiger partial charge in [0, 0.05) is 12.3 Å². The second kappa shape index (κ2) is 5.00. The second-order valence-corrected chi connectivity index (χ2v) is 3.49. The molecule has 92 valence electrons. The summed E-state index contributed by atoms with van der Waals surface area (Å²) >= 11 is 0. The normalized spacial score (nSPS) is 11.1. The van der Waals surface area contributed by atoms with Crippen LogP contribution >= 0.6 is 0 Å². The topological polar surface area (TPSA) is 12.4 Å². The van der Waals surface area contributed by atoms with Gasteiger partial charge in [-0.2, -0.15) is 0 Å². The fourth-order valence-corrected chi connectivity index (χ4v) is 1.34. The van der Waals surface area contributed by atoms with Crippen LogP contribution in [0.4, 0.5) is 23.2 Å². The lowest BCUT2D eigenvalue weighted by atomic mass is 10.2. The molecular formula is C13H7F4N. The predicted octanol–water partition coefficient (Wildman–Crippen LogP) is 3.99. The van der Waals surface area contributed by atoms with E-state index in [0.29, 0.717) is 0 Å². The molecule has 0 aliphatic heterocycles. The van der Waals surface area contributed by atoms with Gasteiger partial charge in [-0.15, -0.1) is 0 Å². The highest BCUT2D eigenvalue weighted by Gasteiger charge is 2.05. The third-order valence-corrected chi connectivity index (χ3v) is 2.25. The number of nitrogens with zero attached hydrogens (tertiary/aromatic N) is 1. The summed E-state index contributed by atoms with van der Waals surface area (Å²) in [6.45, 7) is 0. The summed E-state index contributed by atoms with van der Waals surface area (Å²) in [5.74, 6) is -3.63. The van der Waals surface area contributed by atoms with Crippen molar-refractivity contribution < 1.29 is 17.6 Å². The van der Waals surface area contributed by atoms with Crippen molar-refractivity contribution in [3.63, 3.8) is 0 Å². The molecule has 0 aromatic heterocycles. The van der Waals surface area contributed by atoms with E-state index < -0.39 is 23.3 Å². The number of benzene rings is 2. The Hall–Kier alpha value is -2.17. The predicted molar refractivity (Wildman–Crippen MR) is 60.0 cm³/mol. The number of hydrogen-bond donors (Lipinski definition) is 0. The Morgan fingerprint density at radius 1 is 0.778 bits per heavy atom. The van der Waals surface area contributed by atoms with Crippen molar-refractivity contribution >= 4 is 11.9 Å². The molecule has 0 heterocycles. The van der Waals surface area contributed by atoms with Crippen LogP contribution in [0.25, 0.3) is 0 Å². The maximum absolute atomic E-state index is 13.2. The number of rotatable bonds is 2. The van der Waals surface area contributed by atoms with Gasteiger partial charge in [0.1, 0.15) is 11.6 Å². The first-order valence-corrected chi connectivity index (χ1v) is 5.01. The van der Waals surface area contributed by atoms with E-state index >= 15 is 0 Å². The van der Waals surface area contributed by atoms with E-state index in [1.807, 2.05) is 0 Å². The molecule has 0 aliphatic carbocycles. The van der Waals surface area contributed by atoms with Crippen LogP contribution in [0, 0.1) is 23.3 Å². The summed E-state index contributed by atoms with van der Waals surface area (Å²) < 4.78 is 52.0. The maximum Gasteiger partial charge on any atom is 0.160 e. The van der Waals surface area contributed by atoms with Crippen molar-refractivity contribution in [3.05, 3.63) is 65.2 Å². The van der Waals surface area contributed by atoms with Gasteiger partial charge in [-0.1, -0.05) is 6.07 Å². The molecule has 0 fully saturated rings. The van der Waals surface area contributed by atoms with E-state index in [9.17, 15) is 17.6 Å². The highest BCUT2D eigenvalue weighted by atomic mass is 19.2. The first kappa shape index (κ1) is 12.3. The summed E-state index contributed by atoms with van der Waals surface area (Å²) in [5.41, 5.74) is -0.265. The molecule has 0 atom stereocenters. The zero-order valence-electron chi connectivity index (χ0n) is 9.00. The zero-order chi connectivity index (χ0) is 13.1. The Labute approximate surface area is 100 Å². The lowest BCUT2D eigenvalue weighted by Gasteiger charge is -1.98. The monoisotopic (exact) mass is 253 g/mol. The van der Waals surface area contributed by atoms with Crippen LogP contribution in [-0.4, -0.2) is 6.21 Å². The quantitative estimate of drug-likeness (QED) is 0.566. The van der Waals surface area contributed by atoms with Crippen molar-refractivity contribution in [3.8, 4) is 0 Å². The molecule has 1 nitrogen and oxygen atoms in total. The fourth-order valence-electron chi connectivity index (χ4n) is 1.34. The van der Waals surface area contributed by atoms with Crippen molar-refractivity contribution in [1.82, 2.24) is 0 Å². The third kappa shape index (κ3) is 2.56. The van der Waals surface area contributed by atoms with E-state index in [1.54, 1.807) is 0 Å². The SMILES string of the molecule is Fc1ccc(N=Cc2c(F)cccc2F)cc1F. The Balaban J connectivity index is 2.33. The number of aliphatic imine (C=N–C) groups is 1. The molecule has 0 aliphatic rings. The summed E-state index contributed by atoms with van der Waals surface area (Å²) in [6.07, 6.45) is 0.928. The molecule has 0 unspecified atom stereocenters. The van der Waals surface area contributed by atoms with E-state index in [2.05, 4.69) is 4.99 Å². The van der Waals surface area contributed by atoms with Crippen LogP contribution in [0.15, 0.2) is 41.4 Å². The average molecular weight is 253 g/mol. The molecule has 0 spiro atoms. The second-order valence-electron chi connectivity index (χ2n) is 3.49. The molecule has 0 saturated heterocycles. The van der Waals surface area contributed by atoms with Gasteiger partial charge in [-0.3, -0.25) is 4.99 Å². The molecule has 0 amide bonds. The van der Waals surface area contributed by atoms with Crippen LogP contribution in [0.2, 0.25) is 0 Å². The van der Waals surface area contributed by atoms with Gasteiger partial charge in [0.15, 0.2) is 11.6 Å². The van der Waals surface area contributed by atoms with Crippen LogP contribution in [0.3, 0.4) is 0 Å². The first-order valence-electron chi connectivity index (χ1n) is 5.01. The average Bonchev–Trinajstić information content (AvgIpc) is 2.33. The molecule has 2 aromatic carbocycles. The summed E-state index contributed by atoms with van der Waals surface area (Å²) in [4.78, 5) is 3.69. The largest absolute Gasteiger partial charge is 0.256 e. The zero-order valence-corrected chi connectivity index (χ0v) is 9.00. The molecule has 2 aromatic rings. The van der Waals surface area contributed by atoms with Gasteiger partial charge >= 0.3 is 0 Å². The smallest absolute Gasteiger partial charge is 0.160 e. The standard InChI is InChI=1S/C13H7F4N/c14-10-2-1-3-11(15)9(10)7-18-8-4-5-12(16)13(17)6-8/h1-7H. The van der Waals surface area contributed by atoms with Crippen LogP contribution in [0.1, 0.15) is 5.56 Å². The van der Waals surface area contributed by atoms with Gasteiger partial charge in [0.2, 0.25) is 0 Å². The highest BCUT2D eigenvalue weighted by molar-refractivity contribution is 5.82. The van der Waals surface area contributed by atoms with Crippen molar-refractivity contribution in [2.75, 3.05) is 0 Å². The first-order chi connectivity index (χ1) is 8.58. The van der Waals surface area contributed by atoms with Gasteiger partial charge in [-0.25, -0.2) is 17.6 Å². The van der Waals surface area contributed by atoms with E-state index in [4.69, 9.17) is 0 Å². The van der Waals surface area contributed by atoms with E-state index in [-0.39, 0.29) is 11.3 Å². The third-order valence-electron chi connectivity index (χ3n) is 2.25. The fraction of sp³-hybridized carbons (Fsp3) is 0. The molecule has 18 heavy (non-hydrogen) atoms. The Kier molecular flexibility index (Phi) is 3.41. The molecule has 0 saturated carbocycles. The summed E-state index contributed by atoms with van der Waals surface area (Å²) in [6, 6.07) is 6.31. The Morgan fingerprint density at radius 2 is 1.44 bits per heavy atom. The maximum atomic E-state index is 13.2. The van der Waals surface area contributed by atoms with Crippen molar-refractivity contribution in [2.45, 2.75) is 0 Å². The number of hydrogen-bond acceptors (Lipinski definition) is 1. The number of halogens is 4. The lowest BCUT2D eigenvalue weighted by molar-refractivity contribution is 0.509. The van der Waals surface area contributed by atoms with Crippen molar-refractivity contribution in [1.29, 1.82) is 0 Å². The molecule has 0 bridgehead atoms. The molecule has 0 radical (unpaired) electrons. The Bertz CT molecular complexity index is 588. The van der Waals surface area contributed by atoms with E-state index in [0.717, 1.165) is 30.5 Å². The van der Waals surface area contributed by atoms with Crippen molar-refractivity contribution in [2.24, 2.45) is 4.99 Å². The molecule has 2 rings (SSSR count). The molecule has 0 N–H and O–H groups in total. The van der Waals surface area contributed by atoms with E-state index in [1.165, 1.54) is 12.1 Å². The van der Waals surface area contributed by atoms with Gasteiger partial charge in [0.25, 0.3) is 0 Å². The summed E-state index contributed by atoms with van der Waals surface area (Å²) in [7, 11) is 0. The highest BCUT2D eigenvalue weighted by Crippen LogP contribution is 2.17. The summed E-state index contributed by atoms with van der Waals surface area (Å²) in [5, 5.41) is 0. The minimum atomic E-state index is -1.07. The van der Waals surface area contributed by atoms with Gasteiger partial charge in [-0.05, 0) is 24.3 Å². The van der Waals surface area contributed by atoms with Crippen LogP contribution in [-0.2, 0) is 0 Å². The van der Waals surface area contributed by atoms with Gasteiger partial charge in [0.05, 0.1) is 11.3 Å². The van der Waals surface area contributed by atoms with Gasteiger partial charge < -0.3 is 0 Å². The minimum Gasteiger partial charge on any atom is -0.256 e.